The fourth-order valence-electron chi connectivity index (χ4n) is 3.31. The average molecular weight is 257 g/mol. The van der Waals surface area contributed by atoms with Gasteiger partial charge >= 0.3 is 5.97 Å². The number of aromatic carboxylic acids is 1. The molecule has 3 rings (SSSR count). The Kier molecular flexibility index (Phi) is 3.05. The smallest absolute Gasteiger partial charge is 0.336 e. The van der Waals surface area contributed by atoms with Crippen molar-refractivity contribution in [3.8, 4) is 0 Å². The van der Waals surface area contributed by atoms with E-state index >= 15 is 0 Å². The second kappa shape index (κ2) is 4.72. The average Bonchev–Trinajstić information content (AvgIpc) is 2.84. The molecule has 1 unspecified atom stereocenters. The molecular formula is C16H19NO2. The van der Waals surface area contributed by atoms with Gasteiger partial charge in [-0.2, -0.15) is 0 Å². The van der Waals surface area contributed by atoms with Gasteiger partial charge in [-0.3, -0.25) is 0 Å². The number of rotatable bonds is 2. The molecule has 1 heterocycles. The highest BCUT2D eigenvalue weighted by Crippen LogP contribution is 2.41. The van der Waals surface area contributed by atoms with E-state index in [1.165, 1.54) is 36.8 Å². The Morgan fingerprint density at radius 1 is 1.37 bits per heavy atom. The second-order valence-electron chi connectivity index (χ2n) is 5.47. The molecule has 3 nitrogen and oxygen atoms in total. The number of hydrogen-bond donors (Lipinski definition) is 2. The minimum atomic E-state index is -0.845. The maximum absolute atomic E-state index is 11.2. The minimum Gasteiger partial charge on any atom is -0.478 e. The van der Waals surface area contributed by atoms with E-state index in [0.717, 1.165) is 17.8 Å². The summed E-state index contributed by atoms with van der Waals surface area (Å²) in [6.07, 6.45) is 7.33. The monoisotopic (exact) mass is 257 g/mol. The highest BCUT2D eigenvalue weighted by atomic mass is 16.4. The number of hydrogen-bond acceptors (Lipinski definition) is 2. The van der Waals surface area contributed by atoms with Crippen LogP contribution in [0.4, 0.5) is 5.69 Å². The lowest BCUT2D eigenvalue weighted by molar-refractivity contribution is 0.0696. The first-order chi connectivity index (χ1) is 9.18. The van der Waals surface area contributed by atoms with E-state index in [4.69, 9.17) is 0 Å². The second-order valence-corrected chi connectivity index (χ2v) is 5.47. The van der Waals surface area contributed by atoms with E-state index in [1.54, 1.807) is 6.07 Å². The third kappa shape index (κ3) is 2.03. The standard InChI is InChI=1S/C16H19NO2/c1-10-12(16(18)19)7-8-13-14(9-17-15(10)13)11-5-3-2-4-6-11/h5,7-8,14,17H,2-4,6,9H2,1H3,(H,18,19). The molecule has 100 valence electrons. The zero-order chi connectivity index (χ0) is 13.4. The van der Waals surface area contributed by atoms with Gasteiger partial charge in [-0.15, -0.1) is 0 Å². The third-order valence-electron chi connectivity index (χ3n) is 4.36. The molecule has 0 spiro atoms. The van der Waals surface area contributed by atoms with Crippen LogP contribution in [-0.4, -0.2) is 17.6 Å². The van der Waals surface area contributed by atoms with Gasteiger partial charge in [0.2, 0.25) is 0 Å². The molecule has 3 heteroatoms. The molecule has 0 bridgehead atoms. The molecule has 0 aromatic heterocycles. The van der Waals surface area contributed by atoms with Crippen molar-refractivity contribution >= 4 is 11.7 Å². The van der Waals surface area contributed by atoms with E-state index in [0.29, 0.717) is 11.5 Å². The lowest BCUT2D eigenvalue weighted by atomic mass is 9.85. The van der Waals surface area contributed by atoms with Crippen molar-refractivity contribution in [1.82, 2.24) is 0 Å². The Morgan fingerprint density at radius 3 is 2.89 bits per heavy atom. The van der Waals surface area contributed by atoms with E-state index in [9.17, 15) is 9.90 Å². The number of benzene rings is 1. The zero-order valence-corrected chi connectivity index (χ0v) is 11.2. The number of carboxylic acids is 1. The molecule has 1 aliphatic carbocycles. The lowest BCUT2D eigenvalue weighted by Crippen LogP contribution is -2.07. The fourth-order valence-corrected chi connectivity index (χ4v) is 3.31. The molecule has 1 aromatic carbocycles. The molecule has 2 N–H and O–H groups in total. The number of carbonyl (C=O) groups is 1. The summed E-state index contributed by atoms with van der Waals surface area (Å²) < 4.78 is 0. The van der Waals surface area contributed by atoms with Crippen LogP contribution in [0, 0.1) is 6.92 Å². The SMILES string of the molecule is Cc1c(C(=O)O)ccc2c1NCC2C1=CCCCC1. The van der Waals surface area contributed by atoms with Crippen LogP contribution in [0.5, 0.6) is 0 Å². The summed E-state index contributed by atoms with van der Waals surface area (Å²) >= 11 is 0. The van der Waals surface area contributed by atoms with Crippen molar-refractivity contribution in [2.75, 3.05) is 11.9 Å². The normalized spacial score (nSPS) is 21.5. The highest BCUT2D eigenvalue weighted by molar-refractivity contribution is 5.92. The number of carboxylic acid groups (broad SMARTS) is 1. The molecule has 0 amide bonds. The van der Waals surface area contributed by atoms with Crippen LogP contribution in [0.3, 0.4) is 0 Å². The van der Waals surface area contributed by atoms with Crippen LogP contribution in [0.2, 0.25) is 0 Å². The van der Waals surface area contributed by atoms with Gasteiger partial charge in [0.05, 0.1) is 5.56 Å². The summed E-state index contributed by atoms with van der Waals surface area (Å²) in [5, 5.41) is 12.6. The molecular weight excluding hydrogens is 238 g/mol. The van der Waals surface area contributed by atoms with E-state index in [-0.39, 0.29) is 0 Å². The first-order valence-corrected chi connectivity index (χ1v) is 6.98. The first-order valence-electron chi connectivity index (χ1n) is 6.98. The maximum atomic E-state index is 11.2. The molecule has 1 aliphatic heterocycles. The number of nitrogens with one attached hydrogen (secondary N) is 1. The quantitative estimate of drug-likeness (QED) is 0.794. The molecule has 19 heavy (non-hydrogen) atoms. The molecule has 1 atom stereocenters. The van der Waals surface area contributed by atoms with Crippen molar-refractivity contribution in [3.05, 3.63) is 40.5 Å². The maximum Gasteiger partial charge on any atom is 0.336 e. The molecule has 0 fully saturated rings. The summed E-state index contributed by atoms with van der Waals surface area (Å²) in [7, 11) is 0. The van der Waals surface area contributed by atoms with Gasteiger partial charge in [-0.05, 0) is 49.8 Å². The topological polar surface area (TPSA) is 49.3 Å². The van der Waals surface area contributed by atoms with Crippen LogP contribution >= 0.6 is 0 Å². The number of allylic oxidation sites excluding steroid dienone is 1. The summed E-state index contributed by atoms with van der Waals surface area (Å²) in [4.78, 5) is 11.2. The van der Waals surface area contributed by atoms with Gasteiger partial charge in [0.1, 0.15) is 0 Å². The van der Waals surface area contributed by atoms with E-state index in [1.807, 2.05) is 13.0 Å². The number of fused-ring (bicyclic) bond motifs is 1. The zero-order valence-electron chi connectivity index (χ0n) is 11.2. The summed E-state index contributed by atoms with van der Waals surface area (Å²) in [5.41, 5.74) is 5.11. The van der Waals surface area contributed by atoms with Gasteiger partial charge in [-0.25, -0.2) is 4.79 Å². The molecule has 0 saturated heterocycles. The number of anilines is 1. The molecule has 0 radical (unpaired) electrons. The minimum absolute atomic E-state index is 0.407. The lowest BCUT2D eigenvalue weighted by Gasteiger charge is -2.19. The van der Waals surface area contributed by atoms with Crippen molar-refractivity contribution in [2.24, 2.45) is 0 Å². The Labute approximate surface area is 113 Å². The van der Waals surface area contributed by atoms with E-state index in [2.05, 4.69) is 11.4 Å². The van der Waals surface area contributed by atoms with Crippen LogP contribution in [0.1, 0.15) is 53.1 Å². The predicted octanol–water partition coefficient (Wildman–Crippen LogP) is 3.70. The third-order valence-corrected chi connectivity index (χ3v) is 4.36. The highest BCUT2D eigenvalue weighted by Gasteiger charge is 2.28. The van der Waals surface area contributed by atoms with Gasteiger partial charge in [-0.1, -0.05) is 17.7 Å². The van der Waals surface area contributed by atoms with Crippen molar-refractivity contribution in [1.29, 1.82) is 0 Å². The van der Waals surface area contributed by atoms with Crippen LogP contribution in [0.25, 0.3) is 0 Å². The van der Waals surface area contributed by atoms with Crippen molar-refractivity contribution < 1.29 is 9.90 Å². The first kappa shape index (κ1) is 12.3. The van der Waals surface area contributed by atoms with Gasteiger partial charge in [0.25, 0.3) is 0 Å². The molecule has 0 saturated carbocycles. The Bertz CT molecular complexity index is 560. The van der Waals surface area contributed by atoms with Gasteiger partial charge < -0.3 is 10.4 Å². The van der Waals surface area contributed by atoms with Crippen molar-refractivity contribution in [2.45, 2.75) is 38.5 Å². The van der Waals surface area contributed by atoms with E-state index < -0.39 is 5.97 Å². The summed E-state index contributed by atoms with van der Waals surface area (Å²) in [6.45, 7) is 2.80. The van der Waals surface area contributed by atoms with Crippen molar-refractivity contribution in [3.63, 3.8) is 0 Å². The van der Waals surface area contributed by atoms with Crippen LogP contribution < -0.4 is 5.32 Å². The fraction of sp³-hybridized carbons (Fsp3) is 0.438. The molecule has 1 aromatic rings. The van der Waals surface area contributed by atoms with Gasteiger partial charge in [0.15, 0.2) is 0 Å². The Morgan fingerprint density at radius 2 is 2.21 bits per heavy atom. The van der Waals surface area contributed by atoms with Gasteiger partial charge in [0, 0.05) is 18.2 Å². The Balaban J connectivity index is 2.00. The summed E-state index contributed by atoms with van der Waals surface area (Å²) in [5.74, 6) is -0.403. The Hall–Kier alpha value is -1.77. The predicted molar refractivity (Wildman–Crippen MR) is 75.9 cm³/mol. The summed E-state index contributed by atoms with van der Waals surface area (Å²) in [6, 6.07) is 3.74. The van der Waals surface area contributed by atoms with Crippen LogP contribution in [-0.2, 0) is 0 Å². The molecule has 2 aliphatic rings. The van der Waals surface area contributed by atoms with Crippen LogP contribution in [0.15, 0.2) is 23.8 Å². The largest absolute Gasteiger partial charge is 0.478 e.